The van der Waals surface area contributed by atoms with Crippen molar-refractivity contribution < 1.29 is 14.9 Å². The number of hydrogen-bond donors (Lipinski definition) is 3. The minimum atomic E-state index is -0.726. The van der Waals surface area contributed by atoms with E-state index in [-0.39, 0.29) is 5.75 Å². The van der Waals surface area contributed by atoms with E-state index in [0.29, 0.717) is 24.8 Å². The number of ether oxygens (including phenoxy) is 1. The SMILES string of the molecule is COc1ccc(CNCC(C)(O)CC(C)C)c(O)c1. The summed E-state index contributed by atoms with van der Waals surface area (Å²) in [6, 6.07) is 5.21. The monoisotopic (exact) mass is 267 g/mol. The van der Waals surface area contributed by atoms with Crippen LogP contribution in [0, 0.1) is 5.92 Å². The van der Waals surface area contributed by atoms with E-state index >= 15 is 0 Å². The predicted molar refractivity (Wildman–Crippen MR) is 76.4 cm³/mol. The lowest BCUT2D eigenvalue weighted by Gasteiger charge is -2.25. The smallest absolute Gasteiger partial charge is 0.123 e. The van der Waals surface area contributed by atoms with Crippen molar-refractivity contribution in [3.8, 4) is 11.5 Å². The number of phenolic OH excluding ortho intramolecular Hbond substituents is 1. The van der Waals surface area contributed by atoms with Gasteiger partial charge in [-0.1, -0.05) is 19.9 Å². The number of hydrogen-bond acceptors (Lipinski definition) is 4. The Balaban J connectivity index is 2.49. The molecule has 0 bridgehead atoms. The summed E-state index contributed by atoms with van der Waals surface area (Å²) in [4.78, 5) is 0. The molecule has 108 valence electrons. The third kappa shape index (κ3) is 5.49. The number of aromatic hydroxyl groups is 1. The van der Waals surface area contributed by atoms with Crippen molar-refractivity contribution in [1.29, 1.82) is 0 Å². The van der Waals surface area contributed by atoms with Gasteiger partial charge >= 0.3 is 0 Å². The van der Waals surface area contributed by atoms with Gasteiger partial charge in [0, 0.05) is 24.7 Å². The van der Waals surface area contributed by atoms with Crippen LogP contribution in [0.5, 0.6) is 11.5 Å². The van der Waals surface area contributed by atoms with Gasteiger partial charge in [-0.2, -0.15) is 0 Å². The van der Waals surface area contributed by atoms with Crippen LogP contribution in [0.15, 0.2) is 18.2 Å². The molecule has 4 nitrogen and oxygen atoms in total. The zero-order valence-corrected chi connectivity index (χ0v) is 12.2. The summed E-state index contributed by atoms with van der Waals surface area (Å²) < 4.78 is 5.03. The summed E-state index contributed by atoms with van der Waals surface area (Å²) in [6.07, 6.45) is 0.745. The van der Waals surface area contributed by atoms with Crippen LogP contribution in [0.1, 0.15) is 32.8 Å². The van der Waals surface area contributed by atoms with Gasteiger partial charge in [-0.3, -0.25) is 0 Å². The van der Waals surface area contributed by atoms with Gasteiger partial charge in [-0.05, 0) is 25.3 Å². The Labute approximate surface area is 115 Å². The molecule has 0 aromatic heterocycles. The van der Waals surface area contributed by atoms with Gasteiger partial charge in [0.15, 0.2) is 0 Å². The third-order valence-corrected chi connectivity index (χ3v) is 2.96. The van der Waals surface area contributed by atoms with E-state index in [9.17, 15) is 10.2 Å². The van der Waals surface area contributed by atoms with Crippen LogP contribution in [0.4, 0.5) is 0 Å². The lowest BCUT2D eigenvalue weighted by molar-refractivity contribution is 0.0383. The van der Waals surface area contributed by atoms with E-state index < -0.39 is 5.60 Å². The molecule has 1 atom stereocenters. The number of nitrogens with one attached hydrogen (secondary N) is 1. The molecule has 0 radical (unpaired) electrons. The van der Waals surface area contributed by atoms with Crippen LogP contribution >= 0.6 is 0 Å². The highest BCUT2D eigenvalue weighted by Gasteiger charge is 2.21. The van der Waals surface area contributed by atoms with E-state index in [0.717, 1.165) is 12.0 Å². The third-order valence-electron chi connectivity index (χ3n) is 2.96. The Morgan fingerprint density at radius 1 is 1.37 bits per heavy atom. The summed E-state index contributed by atoms with van der Waals surface area (Å²) in [5.74, 6) is 1.29. The van der Waals surface area contributed by atoms with Gasteiger partial charge in [0.25, 0.3) is 0 Å². The molecule has 0 spiro atoms. The average Bonchev–Trinajstić information content (AvgIpc) is 2.29. The molecule has 0 aliphatic carbocycles. The van der Waals surface area contributed by atoms with Gasteiger partial charge in [0.2, 0.25) is 0 Å². The summed E-state index contributed by atoms with van der Waals surface area (Å²) in [7, 11) is 1.57. The fourth-order valence-corrected chi connectivity index (χ4v) is 2.24. The number of benzene rings is 1. The molecule has 0 fully saturated rings. The molecule has 0 saturated heterocycles. The maximum absolute atomic E-state index is 10.2. The molecule has 19 heavy (non-hydrogen) atoms. The average molecular weight is 267 g/mol. The first-order valence-corrected chi connectivity index (χ1v) is 6.63. The van der Waals surface area contributed by atoms with Crippen molar-refractivity contribution in [3.63, 3.8) is 0 Å². The van der Waals surface area contributed by atoms with Crippen LogP contribution in [-0.2, 0) is 6.54 Å². The Morgan fingerprint density at radius 2 is 2.05 bits per heavy atom. The summed E-state index contributed by atoms with van der Waals surface area (Å²) in [5, 5.41) is 23.2. The van der Waals surface area contributed by atoms with Crippen molar-refractivity contribution >= 4 is 0 Å². The second kappa shape index (κ2) is 6.78. The predicted octanol–water partition coefficient (Wildman–Crippen LogP) is 2.29. The number of methoxy groups -OCH3 is 1. The second-order valence-corrected chi connectivity index (χ2v) is 5.69. The summed E-state index contributed by atoms with van der Waals surface area (Å²) in [6.45, 7) is 7.02. The van der Waals surface area contributed by atoms with E-state index in [4.69, 9.17) is 4.74 Å². The van der Waals surface area contributed by atoms with Crippen LogP contribution < -0.4 is 10.1 Å². The molecule has 0 aliphatic heterocycles. The van der Waals surface area contributed by atoms with E-state index in [1.54, 1.807) is 13.2 Å². The van der Waals surface area contributed by atoms with Crippen LogP contribution in [0.25, 0.3) is 0 Å². The topological polar surface area (TPSA) is 61.7 Å². The van der Waals surface area contributed by atoms with Crippen molar-refractivity contribution in [2.24, 2.45) is 5.92 Å². The first-order valence-electron chi connectivity index (χ1n) is 6.63. The molecule has 0 heterocycles. The molecular formula is C15H25NO3. The van der Waals surface area contributed by atoms with Crippen molar-refractivity contribution in [3.05, 3.63) is 23.8 Å². The molecule has 1 aromatic rings. The lowest BCUT2D eigenvalue weighted by Crippen LogP contribution is -2.38. The Bertz CT molecular complexity index is 402. The normalized spacial score (nSPS) is 14.4. The number of aliphatic hydroxyl groups is 1. The summed E-state index contributed by atoms with van der Waals surface area (Å²) in [5.41, 5.74) is 0.0668. The molecule has 0 amide bonds. The van der Waals surface area contributed by atoms with Crippen LogP contribution in [-0.4, -0.2) is 29.5 Å². The van der Waals surface area contributed by atoms with Gasteiger partial charge in [0.05, 0.1) is 12.7 Å². The maximum atomic E-state index is 10.2. The number of rotatable bonds is 7. The van der Waals surface area contributed by atoms with E-state index in [1.165, 1.54) is 0 Å². The molecule has 3 N–H and O–H groups in total. The van der Waals surface area contributed by atoms with E-state index in [1.807, 2.05) is 19.1 Å². The molecule has 0 aliphatic rings. The van der Waals surface area contributed by atoms with Gasteiger partial charge in [-0.25, -0.2) is 0 Å². The van der Waals surface area contributed by atoms with Crippen molar-refractivity contribution in [1.82, 2.24) is 5.32 Å². The fourth-order valence-electron chi connectivity index (χ4n) is 2.24. The Morgan fingerprint density at radius 3 is 2.58 bits per heavy atom. The van der Waals surface area contributed by atoms with Crippen molar-refractivity contribution in [2.75, 3.05) is 13.7 Å². The van der Waals surface area contributed by atoms with Crippen LogP contribution in [0.3, 0.4) is 0 Å². The number of phenols is 1. The molecular weight excluding hydrogens is 242 g/mol. The minimum Gasteiger partial charge on any atom is -0.507 e. The molecule has 1 unspecified atom stereocenters. The van der Waals surface area contributed by atoms with Gasteiger partial charge < -0.3 is 20.3 Å². The van der Waals surface area contributed by atoms with Gasteiger partial charge in [-0.15, -0.1) is 0 Å². The van der Waals surface area contributed by atoms with Gasteiger partial charge in [0.1, 0.15) is 11.5 Å². The largest absolute Gasteiger partial charge is 0.507 e. The highest BCUT2D eigenvalue weighted by atomic mass is 16.5. The van der Waals surface area contributed by atoms with Crippen LogP contribution in [0.2, 0.25) is 0 Å². The van der Waals surface area contributed by atoms with E-state index in [2.05, 4.69) is 19.2 Å². The highest BCUT2D eigenvalue weighted by Crippen LogP contribution is 2.23. The van der Waals surface area contributed by atoms with Crippen molar-refractivity contribution in [2.45, 2.75) is 39.3 Å². The Kier molecular flexibility index (Phi) is 5.63. The molecule has 0 saturated carbocycles. The second-order valence-electron chi connectivity index (χ2n) is 5.69. The quantitative estimate of drug-likeness (QED) is 0.709. The fraction of sp³-hybridized carbons (Fsp3) is 0.600. The minimum absolute atomic E-state index is 0.204. The molecule has 4 heteroatoms. The molecule has 1 aromatic carbocycles. The lowest BCUT2D eigenvalue weighted by atomic mass is 9.94. The Hall–Kier alpha value is -1.26. The maximum Gasteiger partial charge on any atom is 0.123 e. The molecule has 1 rings (SSSR count). The zero-order valence-electron chi connectivity index (χ0n) is 12.2. The zero-order chi connectivity index (χ0) is 14.5. The summed E-state index contributed by atoms with van der Waals surface area (Å²) >= 11 is 0. The standard InChI is InChI=1S/C15H25NO3/c1-11(2)8-15(3,18)10-16-9-12-5-6-13(19-4)7-14(12)17/h5-7,11,16-18H,8-10H2,1-4H3. The first-order chi connectivity index (χ1) is 8.84. The highest BCUT2D eigenvalue weighted by molar-refractivity contribution is 5.39. The first kappa shape index (κ1) is 15.8.